The molecule has 2 unspecified atom stereocenters. The van der Waals surface area contributed by atoms with Gasteiger partial charge in [0.05, 0.1) is 0 Å². The van der Waals surface area contributed by atoms with Gasteiger partial charge in [-0.3, -0.25) is 20.1 Å². The zero-order valence-electron chi connectivity index (χ0n) is 17.8. The lowest BCUT2D eigenvalue weighted by atomic mass is 9.67. The number of hydrogen-bond acceptors (Lipinski definition) is 4. The Labute approximate surface area is 178 Å². The molecule has 0 bridgehead atoms. The van der Waals surface area contributed by atoms with Crippen molar-refractivity contribution in [3.8, 4) is 0 Å². The Morgan fingerprint density at radius 2 is 1.77 bits per heavy atom. The molecule has 2 fully saturated rings. The molecule has 2 saturated carbocycles. The van der Waals surface area contributed by atoms with Crippen LogP contribution in [0.3, 0.4) is 0 Å². The second-order valence-corrected chi connectivity index (χ2v) is 9.03. The fourth-order valence-electron chi connectivity index (χ4n) is 5.43. The van der Waals surface area contributed by atoms with E-state index in [1.165, 1.54) is 12.5 Å². The summed E-state index contributed by atoms with van der Waals surface area (Å²) < 4.78 is 0. The number of hydrogen-bond donors (Lipinski definition) is 4. The van der Waals surface area contributed by atoms with E-state index < -0.39 is 17.4 Å². The summed E-state index contributed by atoms with van der Waals surface area (Å²) in [6.45, 7) is 2.74. The van der Waals surface area contributed by atoms with Crippen molar-refractivity contribution in [2.75, 3.05) is 0 Å². The number of carboxylic acids is 1. The van der Waals surface area contributed by atoms with Gasteiger partial charge in [-0.05, 0) is 60.6 Å². The highest BCUT2D eigenvalue weighted by Gasteiger charge is 2.52. The third-order valence-electron chi connectivity index (χ3n) is 7.04. The van der Waals surface area contributed by atoms with Gasteiger partial charge in [0, 0.05) is 12.6 Å². The lowest BCUT2D eigenvalue weighted by Gasteiger charge is -2.44. The van der Waals surface area contributed by atoms with Crippen LogP contribution >= 0.6 is 0 Å². The average molecular weight is 415 g/mol. The Kier molecular flexibility index (Phi) is 7.67. The molecular weight excluding hydrogens is 380 g/mol. The van der Waals surface area contributed by atoms with Crippen LogP contribution in [-0.2, 0) is 16.1 Å². The summed E-state index contributed by atoms with van der Waals surface area (Å²) in [5, 5.41) is 22.6. The quantitative estimate of drug-likeness (QED) is 0.291. The number of hydroxylamine groups is 1. The fraction of sp³-hybridized carbons (Fsp3) is 0.583. The number of amides is 1. The largest absolute Gasteiger partial charge is 0.480 e. The summed E-state index contributed by atoms with van der Waals surface area (Å²) >= 11 is 0. The van der Waals surface area contributed by atoms with Crippen LogP contribution in [-0.4, -0.2) is 27.7 Å². The summed E-state index contributed by atoms with van der Waals surface area (Å²) in [6.07, 6.45) is 11.4. The van der Waals surface area contributed by atoms with Crippen molar-refractivity contribution in [3.63, 3.8) is 0 Å². The van der Waals surface area contributed by atoms with Gasteiger partial charge in [-0.15, -0.1) is 0 Å². The van der Waals surface area contributed by atoms with E-state index >= 15 is 0 Å². The lowest BCUT2D eigenvalue weighted by molar-refractivity contribution is -0.152. The summed E-state index contributed by atoms with van der Waals surface area (Å²) in [6, 6.07) is 7.68. The molecule has 3 atom stereocenters. The van der Waals surface area contributed by atoms with Crippen LogP contribution in [0.4, 0.5) is 0 Å². The number of rotatable bonds is 8. The first-order valence-electron chi connectivity index (χ1n) is 11.1. The molecule has 4 N–H and O–H groups in total. The minimum atomic E-state index is -0.858. The standard InChI is InChI=1S/C24H34N2O4/c1-17-7-13-21(15-17)24(23(28)29,20-5-3-2-4-6-20)25-16-19-10-8-18(9-11-19)12-14-22(27)26-30/h8-12,14,17,20-21,25,30H,2-7,13,15-16H2,1H3,(H,26,27)(H,28,29)/b14-12+/t17?,21?,24-/m0/s1. The van der Waals surface area contributed by atoms with Gasteiger partial charge in [0.1, 0.15) is 5.54 Å². The highest BCUT2D eigenvalue weighted by Crippen LogP contribution is 2.45. The Morgan fingerprint density at radius 3 is 2.33 bits per heavy atom. The second-order valence-electron chi connectivity index (χ2n) is 9.03. The van der Waals surface area contributed by atoms with E-state index in [9.17, 15) is 14.7 Å². The minimum Gasteiger partial charge on any atom is -0.480 e. The molecule has 6 nitrogen and oxygen atoms in total. The molecule has 0 saturated heterocycles. The van der Waals surface area contributed by atoms with Gasteiger partial charge in [-0.25, -0.2) is 5.48 Å². The SMILES string of the molecule is CC1CCC([C@](NCc2ccc(/C=C/C(=O)NO)cc2)(C(=O)O)C2CCCCC2)C1. The fourth-order valence-corrected chi connectivity index (χ4v) is 5.43. The zero-order valence-corrected chi connectivity index (χ0v) is 17.8. The Balaban J connectivity index is 1.77. The summed E-state index contributed by atoms with van der Waals surface area (Å²) in [4.78, 5) is 23.9. The van der Waals surface area contributed by atoms with E-state index in [1.807, 2.05) is 24.3 Å². The predicted octanol–water partition coefficient (Wildman–Crippen LogP) is 4.13. The predicted molar refractivity (Wildman–Crippen MR) is 116 cm³/mol. The minimum absolute atomic E-state index is 0.173. The van der Waals surface area contributed by atoms with Crippen LogP contribution in [0, 0.1) is 17.8 Å². The van der Waals surface area contributed by atoms with Crippen LogP contribution in [0.2, 0.25) is 0 Å². The number of nitrogens with one attached hydrogen (secondary N) is 2. The Morgan fingerprint density at radius 1 is 1.07 bits per heavy atom. The van der Waals surface area contributed by atoms with Gasteiger partial charge in [0.15, 0.2) is 0 Å². The summed E-state index contributed by atoms with van der Waals surface area (Å²) in [5.41, 5.74) is 2.56. The first-order chi connectivity index (χ1) is 14.5. The highest BCUT2D eigenvalue weighted by molar-refractivity contribution is 5.90. The van der Waals surface area contributed by atoms with Gasteiger partial charge in [-0.2, -0.15) is 0 Å². The van der Waals surface area contributed by atoms with Crippen LogP contribution in [0.1, 0.15) is 69.4 Å². The smallest absolute Gasteiger partial charge is 0.324 e. The molecule has 0 aliphatic heterocycles. The van der Waals surface area contributed by atoms with Crippen molar-refractivity contribution in [3.05, 3.63) is 41.5 Å². The number of aliphatic carboxylic acids is 1. The molecule has 0 spiro atoms. The van der Waals surface area contributed by atoms with E-state index in [-0.39, 0.29) is 11.8 Å². The van der Waals surface area contributed by atoms with Crippen molar-refractivity contribution in [1.82, 2.24) is 10.8 Å². The third-order valence-corrected chi connectivity index (χ3v) is 7.04. The molecule has 2 aliphatic rings. The van der Waals surface area contributed by atoms with Crippen LogP contribution < -0.4 is 10.8 Å². The Bertz CT molecular complexity index is 748. The molecule has 1 aromatic carbocycles. The van der Waals surface area contributed by atoms with Crippen molar-refractivity contribution >= 4 is 18.0 Å². The number of carboxylic acid groups (broad SMARTS) is 1. The van der Waals surface area contributed by atoms with Gasteiger partial charge in [-0.1, -0.05) is 56.9 Å². The van der Waals surface area contributed by atoms with Gasteiger partial charge >= 0.3 is 5.97 Å². The van der Waals surface area contributed by atoms with E-state index in [2.05, 4.69) is 12.2 Å². The molecule has 164 valence electrons. The van der Waals surface area contributed by atoms with Crippen LogP contribution in [0.5, 0.6) is 0 Å². The van der Waals surface area contributed by atoms with Crippen LogP contribution in [0.25, 0.3) is 6.08 Å². The molecule has 3 rings (SSSR count). The van der Waals surface area contributed by atoms with Gasteiger partial charge in [0.25, 0.3) is 5.91 Å². The number of carbonyl (C=O) groups is 2. The number of carbonyl (C=O) groups excluding carboxylic acids is 1. The monoisotopic (exact) mass is 414 g/mol. The number of benzene rings is 1. The van der Waals surface area contributed by atoms with Crippen molar-refractivity contribution in [2.24, 2.45) is 17.8 Å². The molecule has 2 aliphatic carbocycles. The molecule has 6 heteroatoms. The second kappa shape index (κ2) is 10.2. The first kappa shape index (κ1) is 22.5. The van der Waals surface area contributed by atoms with Crippen molar-refractivity contribution < 1.29 is 19.9 Å². The Hall–Kier alpha value is -2.18. The van der Waals surface area contributed by atoms with E-state index in [1.54, 1.807) is 11.6 Å². The van der Waals surface area contributed by atoms with Crippen molar-refractivity contribution in [1.29, 1.82) is 0 Å². The summed E-state index contributed by atoms with van der Waals surface area (Å²) in [7, 11) is 0. The first-order valence-corrected chi connectivity index (χ1v) is 11.1. The maximum Gasteiger partial charge on any atom is 0.324 e. The molecule has 0 aromatic heterocycles. The van der Waals surface area contributed by atoms with Gasteiger partial charge in [0.2, 0.25) is 0 Å². The molecule has 30 heavy (non-hydrogen) atoms. The molecule has 0 radical (unpaired) electrons. The third kappa shape index (κ3) is 5.10. The molecule has 1 aromatic rings. The molecular formula is C24H34N2O4. The van der Waals surface area contributed by atoms with E-state index in [0.29, 0.717) is 12.5 Å². The van der Waals surface area contributed by atoms with E-state index in [0.717, 1.165) is 56.1 Å². The molecule has 0 heterocycles. The summed E-state index contributed by atoms with van der Waals surface area (Å²) in [5.74, 6) is -0.333. The topological polar surface area (TPSA) is 98.7 Å². The van der Waals surface area contributed by atoms with Crippen LogP contribution in [0.15, 0.2) is 30.3 Å². The maximum absolute atomic E-state index is 12.7. The van der Waals surface area contributed by atoms with Crippen molar-refractivity contribution in [2.45, 2.75) is 70.4 Å². The van der Waals surface area contributed by atoms with E-state index in [4.69, 9.17) is 5.21 Å². The zero-order chi connectivity index (χ0) is 21.6. The average Bonchev–Trinajstić information content (AvgIpc) is 3.20. The molecule has 1 amide bonds. The lowest BCUT2D eigenvalue weighted by Crippen LogP contribution is -2.62. The highest BCUT2D eigenvalue weighted by atomic mass is 16.5. The normalized spacial score (nSPS) is 24.6. The van der Waals surface area contributed by atoms with Gasteiger partial charge < -0.3 is 5.11 Å². The maximum atomic E-state index is 12.7.